The van der Waals surface area contributed by atoms with E-state index in [2.05, 4.69) is 37.2 Å². The molecule has 0 saturated heterocycles. The maximum absolute atomic E-state index is 13.7. The quantitative estimate of drug-likeness (QED) is 0.0363. The SMILES string of the molecule is CC(C)C[C@H](NC(=O)CCN)C(=O)N[C@@H](Cc1ccc(O)cc1)C(=O)N[C@@H](C)C(=O)N[C@@H](CO)C(=O)N[C@@H](CCCCN)C(=O)N[C@@H](CC(C)C)C(=O)N[C@@H](CO)C(N)=O. The number of nitrogens with one attached hydrogen (secondary N) is 7. The summed E-state index contributed by atoms with van der Waals surface area (Å²) in [6, 6.07) is -3.26. The zero-order chi connectivity index (χ0) is 45.5. The summed E-state index contributed by atoms with van der Waals surface area (Å²) in [6.45, 7) is 7.21. The molecule has 1 aromatic rings. The standard InChI is InChI=1S/C39H66N10O11/c1-21(2)16-27(44-32(53)13-15-41)37(58)47-29(18-24-9-11-25(52)12-10-24)36(57)43-23(5)34(55)49-31(20-51)39(60)45-26(8-6-7-14-40)35(56)46-28(17-22(3)4)38(59)48-30(19-50)33(42)54/h9-12,21-23,26-31,50-52H,6-8,13-20,40-41H2,1-5H3,(H2,42,54)(H,43,57)(H,44,53)(H,45,60)(H,46,56)(H,47,58)(H,48,59)(H,49,55)/t23-,26-,27-,28-,29-,30-,31-/m0/s1. The van der Waals surface area contributed by atoms with Crippen molar-refractivity contribution in [2.75, 3.05) is 26.3 Å². The summed E-state index contributed by atoms with van der Waals surface area (Å²) in [7, 11) is 0. The van der Waals surface area contributed by atoms with E-state index in [1.165, 1.54) is 31.2 Å². The van der Waals surface area contributed by atoms with Gasteiger partial charge in [0.05, 0.1) is 13.2 Å². The van der Waals surface area contributed by atoms with E-state index in [1.54, 1.807) is 13.8 Å². The Morgan fingerprint density at radius 3 is 1.50 bits per heavy atom. The molecule has 0 radical (unpaired) electrons. The second kappa shape index (κ2) is 27.4. The lowest BCUT2D eigenvalue weighted by Gasteiger charge is -2.27. The Balaban J connectivity index is 3.21. The van der Waals surface area contributed by atoms with Gasteiger partial charge in [-0.05, 0) is 75.1 Å². The average molecular weight is 851 g/mol. The minimum Gasteiger partial charge on any atom is -0.508 e. The largest absolute Gasteiger partial charge is 0.508 e. The third-order valence-corrected chi connectivity index (χ3v) is 9.07. The van der Waals surface area contributed by atoms with E-state index in [1.807, 2.05) is 13.8 Å². The Morgan fingerprint density at radius 1 is 0.550 bits per heavy atom. The molecule has 0 spiro atoms. The van der Waals surface area contributed by atoms with Gasteiger partial charge in [-0.2, -0.15) is 0 Å². The van der Waals surface area contributed by atoms with Gasteiger partial charge in [0.2, 0.25) is 47.3 Å². The number of hydrogen-bond acceptors (Lipinski definition) is 13. The lowest BCUT2D eigenvalue weighted by molar-refractivity contribution is -0.136. The first-order valence-electron chi connectivity index (χ1n) is 20.1. The van der Waals surface area contributed by atoms with Gasteiger partial charge in [0.15, 0.2) is 0 Å². The lowest BCUT2D eigenvalue weighted by atomic mass is 10.0. The van der Waals surface area contributed by atoms with Gasteiger partial charge in [0.25, 0.3) is 0 Å². The summed E-state index contributed by atoms with van der Waals surface area (Å²) >= 11 is 0. The Morgan fingerprint density at radius 2 is 1.00 bits per heavy atom. The van der Waals surface area contributed by atoms with Crippen LogP contribution in [-0.4, -0.2) is 131 Å². The number of carbonyl (C=O) groups is 8. The summed E-state index contributed by atoms with van der Waals surface area (Å²) in [5, 5.41) is 46.8. The molecule has 21 heteroatoms. The zero-order valence-corrected chi connectivity index (χ0v) is 35.1. The van der Waals surface area contributed by atoms with Gasteiger partial charge in [-0.1, -0.05) is 39.8 Å². The number of phenolic OH excluding ortho intramolecular Hbond substituents is 1. The Hall–Kier alpha value is -5.38. The van der Waals surface area contributed by atoms with Crippen LogP contribution in [-0.2, 0) is 44.8 Å². The highest BCUT2D eigenvalue weighted by Crippen LogP contribution is 2.13. The summed E-state index contributed by atoms with van der Waals surface area (Å²) < 4.78 is 0. The summed E-state index contributed by atoms with van der Waals surface area (Å²) in [5.74, 6) is -6.57. The van der Waals surface area contributed by atoms with Crippen molar-refractivity contribution in [1.29, 1.82) is 0 Å². The van der Waals surface area contributed by atoms with E-state index in [0.717, 1.165) is 0 Å². The average Bonchev–Trinajstić information content (AvgIpc) is 3.17. The van der Waals surface area contributed by atoms with Gasteiger partial charge >= 0.3 is 0 Å². The van der Waals surface area contributed by atoms with Gasteiger partial charge in [0, 0.05) is 19.4 Å². The summed E-state index contributed by atoms with van der Waals surface area (Å²) in [6.07, 6.45) is 1.13. The molecule has 0 fully saturated rings. The fourth-order valence-corrected chi connectivity index (χ4v) is 5.81. The molecule has 7 atom stereocenters. The number of amides is 8. The molecule has 0 aliphatic heterocycles. The highest BCUT2D eigenvalue weighted by Gasteiger charge is 2.33. The molecule has 0 unspecified atom stereocenters. The minimum atomic E-state index is -1.61. The highest BCUT2D eigenvalue weighted by molar-refractivity contribution is 5.97. The maximum Gasteiger partial charge on any atom is 0.245 e. The molecule has 0 heterocycles. The van der Waals surface area contributed by atoms with E-state index in [0.29, 0.717) is 18.4 Å². The normalized spacial score (nSPS) is 14.7. The number of primary amides is 1. The molecule has 338 valence electrons. The number of aliphatic hydroxyl groups excluding tert-OH is 2. The van der Waals surface area contributed by atoms with E-state index < -0.39 is 103 Å². The van der Waals surface area contributed by atoms with Crippen molar-refractivity contribution in [3.8, 4) is 5.75 Å². The lowest BCUT2D eigenvalue weighted by Crippen LogP contribution is -2.60. The molecule has 0 bridgehead atoms. The van der Waals surface area contributed by atoms with Gasteiger partial charge < -0.3 is 69.7 Å². The molecule has 0 aromatic heterocycles. The van der Waals surface area contributed by atoms with E-state index in [-0.39, 0.29) is 62.8 Å². The Bertz CT molecular complexity index is 1580. The molecule has 1 aromatic carbocycles. The minimum absolute atomic E-state index is 0.0233. The monoisotopic (exact) mass is 850 g/mol. The Labute approximate surface area is 350 Å². The van der Waals surface area contributed by atoms with Gasteiger partial charge in [-0.3, -0.25) is 38.4 Å². The molecular formula is C39H66N10O11. The smallest absolute Gasteiger partial charge is 0.245 e. The third kappa shape index (κ3) is 19.6. The van der Waals surface area contributed by atoms with Crippen LogP contribution < -0.4 is 54.4 Å². The first-order valence-corrected chi connectivity index (χ1v) is 20.1. The molecule has 16 N–H and O–H groups in total. The predicted octanol–water partition coefficient (Wildman–Crippen LogP) is -3.61. The van der Waals surface area contributed by atoms with Crippen molar-refractivity contribution >= 4 is 47.3 Å². The van der Waals surface area contributed by atoms with Crippen LogP contribution in [0.3, 0.4) is 0 Å². The maximum atomic E-state index is 13.7. The Kier molecular flexibility index (Phi) is 24.0. The van der Waals surface area contributed by atoms with Crippen molar-refractivity contribution in [3.05, 3.63) is 29.8 Å². The van der Waals surface area contributed by atoms with Crippen molar-refractivity contribution in [3.63, 3.8) is 0 Å². The number of phenols is 1. The van der Waals surface area contributed by atoms with Crippen molar-refractivity contribution < 1.29 is 53.7 Å². The highest BCUT2D eigenvalue weighted by atomic mass is 16.3. The number of hydrogen-bond donors (Lipinski definition) is 13. The van der Waals surface area contributed by atoms with Gasteiger partial charge in [-0.25, -0.2) is 0 Å². The third-order valence-electron chi connectivity index (χ3n) is 9.07. The second-order valence-electron chi connectivity index (χ2n) is 15.4. The predicted molar refractivity (Wildman–Crippen MR) is 220 cm³/mol. The van der Waals surface area contributed by atoms with Gasteiger partial charge in [-0.15, -0.1) is 0 Å². The zero-order valence-electron chi connectivity index (χ0n) is 35.1. The molecule has 8 amide bonds. The fourth-order valence-electron chi connectivity index (χ4n) is 5.81. The van der Waals surface area contributed by atoms with Crippen molar-refractivity contribution in [2.24, 2.45) is 29.0 Å². The van der Waals surface area contributed by atoms with Crippen LogP contribution in [0, 0.1) is 11.8 Å². The molecule has 0 aliphatic rings. The summed E-state index contributed by atoms with van der Waals surface area (Å²) in [5.41, 5.74) is 16.9. The first-order chi connectivity index (χ1) is 28.3. The first kappa shape index (κ1) is 52.6. The van der Waals surface area contributed by atoms with Crippen LogP contribution >= 0.6 is 0 Å². The number of nitrogens with two attached hydrogens (primary N) is 3. The topological polar surface area (TPSA) is 360 Å². The summed E-state index contributed by atoms with van der Waals surface area (Å²) in [4.78, 5) is 104. The molecule has 60 heavy (non-hydrogen) atoms. The molecule has 21 nitrogen and oxygen atoms in total. The number of rotatable bonds is 28. The number of carbonyl (C=O) groups excluding carboxylic acids is 8. The second-order valence-corrected chi connectivity index (χ2v) is 15.4. The van der Waals surface area contributed by atoms with E-state index >= 15 is 0 Å². The van der Waals surface area contributed by atoms with Gasteiger partial charge in [0.1, 0.15) is 48.0 Å². The fraction of sp³-hybridized carbons (Fsp3) is 0.641. The van der Waals surface area contributed by atoms with Crippen LogP contribution in [0.15, 0.2) is 24.3 Å². The van der Waals surface area contributed by atoms with Crippen molar-refractivity contribution in [1.82, 2.24) is 37.2 Å². The molecule has 0 aliphatic carbocycles. The van der Waals surface area contributed by atoms with Crippen LogP contribution in [0.1, 0.15) is 78.7 Å². The van der Waals surface area contributed by atoms with Crippen LogP contribution in [0.5, 0.6) is 5.75 Å². The molecule has 0 saturated carbocycles. The number of benzene rings is 1. The van der Waals surface area contributed by atoms with Crippen LogP contribution in [0.25, 0.3) is 0 Å². The number of unbranched alkanes of at least 4 members (excludes halogenated alkanes) is 1. The molecular weight excluding hydrogens is 784 g/mol. The van der Waals surface area contributed by atoms with Crippen molar-refractivity contribution in [2.45, 2.75) is 122 Å². The van der Waals surface area contributed by atoms with E-state index in [9.17, 15) is 53.7 Å². The van der Waals surface area contributed by atoms with E-state index in [4.69, 9.17) is 17.2 Å². The number of aliphatic hydroxyl groups is 2. The number of aromatic hydroxyl groups is 1. The molecule has 1 rings (SSSR count). The van der Waals surface area contributed by atoms with Crippen LogP contribution in [0.2, 0.25) is 0 Å². The van der Waals surface area contributed by atoms with Crippen LogP contribution in [0.4, 0.5) is 0 Å².